The van der Waals surface area contributed by atoms with Crippen LogP contribution in [0.5, 0.6) is 0 Å². The summed E-state index contributed by atoms with van der Waals surface area (Å²) in [6.45, 7) is 18.2. The minimum atomic E-state index is 0.104. The van der Waals surface area contributed by atoms with Gasteiger partial charge >= 0.3 is 0 Å². The molecule has 0 radical (unpaired) electrons. The van der Waals surface area contributed by atoms with Gasteiger partial charge in [0, 0.05) is 16.4 Å². The molecule has 0 unspecified atom stereocenters. The van der Waals surface area contributed by atoms with Crippen molar-refractivity contribution in [3.8, 4) is 44.5 Å². The lowest BCUT2D eigenvalue weighted by atomic mass is 9.70. The van der Waals surface area contributed by atoms with Gasteiger partial charge in [0.1, 0.15) is 11.0 Å². The fourth-order valence-electron chi connectivity index (χ4n) is 15.4. The molecule has 1 aromatic heterocycles. The van der Waals surface area contributed by atoms with E-state index in [1.807, 2.05) is 0 Å². The predicted octanol–water partition coefficient (Wildman–Crippen LogP) is 25.8. The smallest absolute Gasteiger partial charge is 0.112 e. The second-order valence-corrected chi connectivity index (χ2v) is 26.9. The molecule has 0 amide bonds. The summed E-state index contributed by atoms with van der Waals surface area (Å²) >= 11 is 1.33. The van der Waals surface area contributed by atoms with Crippen LogP contribution in [-0.2, 0) is 10.8 Å². The summed E-state index contributed by atoms with van der Waals surface area (Å²) in [7, 11) is 0. The zero-order valence-electron chi connectivity index (χ0n) is 53.8. The normalized spacial score (nSPS) is 13.5. The first kappa shape index (κ1) is 62.2. The number of nitrogens with zero attached hydrogens (tertiary/aromatic N) is 2. The number of aryl methyl sites for hydroxylation is 4. The van der Waals surface area contributed by atoms with Crippen LogP contribution in [0.15, 0.2) is 133 Å². The molecule has 3 heteroatoms. The Balaban J connectivity index is 0.000000190. The van der Waals surface area contributed by atoms with E-state index in [2.05, 4.69) is 193 Å². The number of rotatable bonds is 30. The van der Waals surface area contributed by atoms with Gasteiger partial charge in [-0.2, -0.15) is 8.75 Å². The van der Waals surface area contributed by atoms with Crippen LogP contribution in [0.25, 0.3) is 77.1 Å². The van der Waals surface area contributed by atoms with Crippen molar-refractivity contribution >= 4 is 44.3 Å². The van der Waals surface area contributed by atoms with Crippen molar-refractivity contribution in [2.75, 3.05) is 0 Å². The van der Waals surface area contributed by atoms with E-state index in [1.165, 1.54) is 280 Å². The largest absolute Gasteiger partial charge is 0.173 e. The second-order valence-electron chi connectivity index (χ2n) is 26.4. The quantitative estimate of drug-likeness (QED) is 0.0331. The van der Waals surface area contributed by atoms with Gasteiger partial charge in [0.2, 0.25) is 0 Å². The van der Waals surface area contributed by atoms with Crippen molar-refractivity contribution in [1.29, 1.82) is 0 Å². The Morgan fingerprint density at radius 1 is 0.306 bits per heavy atom. The van der Waals surface area contributed by atoms with Gasteiger partial charge in [-0.3, -0.25) is 0 Å². The van der Waals surface area contributed by atoms with Gasteiger partial charge < -0.3 is 0 Å². The summed E-state index contributed by atoms with van der Waals surface area (Å²) in [6.07, 6.45) is 37.4. The van der Waals surface area contributed by atoms with E-state index in [1.54, 1.807) is 22.3 Å². The third-order valence-electron chi connectivity index (χ3n) is 20.2. The third-order valence-corrected chi connectivity index (χ3v) is 20.7. The molecule has 85 heavy (non-hydrogen) atoms. The van der Waals surface area contributed by atoms with Crippen LogP contribution in [0, 0.1) is 27.7 Å². The van der Waals surface area contributed by atoms with Crippen molar-refractivity contribution in [2.24, 2.45) is 0 Å². The number of aromatic nitrogens is 2. The number of hydrogen-bond donors (Lipinski definition) is 0. The van der Waals surface area contributed by atoms with Gasteiger partial charge in [-0.1, -0.05) is 302 Å². The molecule has 0 spiro atoms. The highest BCUT2D eigenvalue weighted by Gasteiger charge is 2.44. The standard InChI is InChI=1S/C45H54.C37H48N2S/c1-5-7-9-11-13-17-27-45(28-18-14-12-10-8-6-2)43-29-33(3)21-24-39(43)40-26-23-37(32-44(40)45)38-25-22-34(4)41-30-35-19-15-16-20-36(35)31-42(38)41;1-5-7-9-11-13-15-23-37(24-16-14-12-10-8-6-2)33-25-27(3)17-20-31(33)32-22-19-29(26-34(32)37)30-21-18-28(4)35-36(30)39-40-38-35/h15-16,19-26,29-32H,5-14,17-18,27-28H2,1-4H3;17-22,25-26H,5-16,23-24H2,1-4H3. The van der Waals surface area contributed by atoms with Gasteiger partial charge in [-0.25, -0.2) is 0 Å². The molecule has 0 aliphatic heterocycles. The molecule has 2 aliphatic carbocycles. The Kier molecular flexibility index (Phi) is 21.7. The molecule has 0 saturated carbocycles. The lowest BCUT2D eigenvalue weighted by Gasteiger charge is -2.33. The number of benzene rings is 8. The van der Waals surface area contributed by atoms with Crippen LogP contribution in [0.1, 0.15) is 252 Å². The van der Waals surface area contributed by atoms with Gasteiger partial charge in [-0.05, 0) is 172 Å². The summed E-state index contributed by atoms with van der Waals surface area (Å²) < 4.78 is 9.36. The molecule has 0 saturated heterocycles. The number of fused-ring (bicyclic) bond motifs is 9. The van der Waals surface area contributed by atoms with Crippen LogP contribution >= 0.6 is 11.7 Å². The van der Waals surface area contributed by atoms with E-state index in [-0.39, 0.29) is 10.8 Å². The molecule has 8 aromatic carbocycles. The second kappa shape index (κ2) is 29.7. The van der Waals surface area contributed by atoms with Crippen molar-refractivity contribution in [2.45, 2.75) is 246 Å². The Bertz CT molecular complexity index is 3610. The number of unbranched alkanes of at least 4 members (excludes halogenated alkanes) is 20. The van der Waals surface area contributed by atoms with Crippen LogP contribution in [0.4, 0.5) is 0 Å². The van der Waals surface area contributed by atoms with E-state index in [0.717, 1.165) is 11.0 Å². The molecule has 9 aromatic rings. The van der Waals surface area contributed by atoms with Gasteiger partial charge in [-0.15, -0.1) is 0 Å². The number of hydrogen-bond acceptors (Lipinski definition) is 3. The molecule has 0 fully saturated rings. The van der Waals surface area contributed by atoms with Crippen molar-refractivity contribution in [3.05, 3.63) is 178 Å². The van der Waals surface area contributed by atoms with E-state index in [9.17, 15) is 0 Å². The van der Waals surface area contributed by atoms with E-state index in [4.69, 9.17) is 4.37 Å². The van der Waals surface area contributed by atoms with Crippen LogP contribution in [0.3, 0.4) is 0 Å². The fraction of sp³-hybridized carbons (Fsp3) is 0.463. The Morgan fingerprint density at radius 2 is 0.659 bits per heavy atom. The molecule has 446 valence electrons. The molecule has 1 heterocycles. The lowest BCUT2D eigenvalue weighted by Crippen LogP contribution is -2.25. The molecule has 2 nitrogen and oxygen atoms in total. The van der Waals surface area contributed by atoms with Crippen LogP contribution in [0.2, 0.25) is 0 Å². The third kappa shape index (κ3) is 13.8. The molecule has 0 bridgehead atoms. The average Bonchev–Trinajstić information content (AvgIpc) is 2.14. The molecular weight excluding hydrogens is 1040 g/mol. The monoisotopic (exact) mass is 1150 g/mol. The summed E-state index contributed by atoms with van der Waals surface area (Å²) in [5.74, 6) is 0. The summed E-state index contributed by atoms with van der Waals surface area (Å²) in [6, 6.07) is 52.2. The highest BCUT2D eigenvalue weighted by atomic mass is 32.1. The van der Waals surface area contributed by atoms with Crippen LogP contribution < -0.4 is 0 Å². The van der Waals surface area contributed by atoms with Crippen LogP contribution in [-0.4, -0.2) is 8.75 Å². The van der Waals surface area contributed by atoms with E-state index in [0.29, 0.717) is 0 Å². The zero-order chi connectivity index (χ0) is 59.2. The van der Waals surface area contributed by atoms with E-state index >= 15 is 0 Å². The minimum absolute atomic E-state index is 0.104. The maximum atomic E-state index is 4.74. The fourth-order valence-corrected chi connectivity index (χ4v) is 16.0. The van der Waals surface area contributed by atoms with Gasteiger partial charge in [0.15, 0.2) is 0 Å². The zero-order valence-corrected chi connectivity index (χ0v) is 54.6. The Labute approximate surface area is 518 Å². The lowest BCUT2D eigenvalue weighted by molar-refractivity contribution is 0.398. The van der Waals surface area contributed by atoms with Gasteiger partial charge in [0.25, 0.3) is 0 Å². The summed E-state index contributed by atoms with van der Waals surface area (Å²) in [5.41, 5.74) is 25.1. The highest BCUT2D eigenvalue weighted by Crippen LogP contribution is 2.57. The van der Waals surface area contributed by atoms with E-state index < -0.39 is 0 Å². The summed E-state index contributed by atoms with van der Waals surface area (Å²) in [4.78, 5) is 0. The first-order valence-electron chi connectivity index (χ1n) is 34.3. The van der Waals surface area contributed by atoms with Crippen molar-refractivity contribution in [1.82, 2.24) is 8.75 Å². The first-order valence-corrected chi connectivity index (χ1v) is 35.0. The van der Waals surface area contributed by atoms with Crippen molar-refractivity contribution in [3.63, 3.8) is 0 Å². The molecule has 0 atom stereocenters. The molecule has 0 N–H and O–H groups in total. The highest BCUT2D eigenvalue weighted by molar-refractivity contribution is 7.00. The average molecular weight is 1150 g/mol. The Hall–Kier alpha value is -5.90. The van der Waals surface area contributed by atoms with Gasteiger partial charge in [0.05, 0.1) is 11.7 Å². The minimum Gasteiger partial charge on any atom is -0.173 e. The molecule has 11 rings (SSSR count). The molecular formula is C82H102N2S. The first-order chi connectivity index (χ1) is 41.6. The van der Waals surface area contributed by atoms with Crippen molar-refractivity contribution < 1.29 is 0 Å². The summed E-state index contributed by atoms with van der Waals surface area (Å²) in [5, 5.41) is 5.39. The maximum absolute atomic E-state index is 4.74. The molecule has 2 aliphatic rings. The SMILES string of the molecule is CCCCCCCCC1(CCCCCCCC)c2cc(C)ccc2-c2ccc(-c3ccc(C)c4cc5ccccc5cc34)cc21.CCCCCCCCC1(CCCCCCCC)c2cc(C)ccc2-c2ccc(-c3ccc(C)c4nsnc34)cc21. The maximum Gasteiger partial charge on any atom is 0.112 e. The predicted molar refractivity (Wildman–Crippen MR) is 373 cm³/mol. The Morgan fingerprint density at radius 3 is 1.12 bits per heavy atom. The topological polar surface area (TPSA) is 25.8 Å².